The number of halogens is 1. The fraction of sp³-hybridized carbons (Fsp3) is 0.226. The van der Waals surface area contributed by atoms with E-state index in [1.54, 1.807) is 18.6 Å². The lowest BCUT2D eigenvalue weighted by molar-refractivity contribution is 0.154. The zero-order chi connectivity index (χ0) is 26.3. The van der Waals surface area contributed by atoms with Crippen LogP contribution in [0.1, 0.15) is 37.7 Å². The Kier molecular flexibility index (Phi) is 5.80. The first-order valence-electron chi connectivity index (χ1n) is 13.3. The number of H-pyrrole nitrogens is 2. The van der Waals surface area contributed by atoms with Gasteiger partial charge in [-0.3, -0.25) is 15.1 Å². The quantitative estimate of drug-likeness (QED) is 0.248. The molecule has 1 aliphatic carbocycles. The highest BCUT2D eigenvalue weighted by Gasteiger charge is 2.17. The second kappa shape index (κ2) is 9.62. The van der Waals surface area contributed by atoms with Gasteiger partial charge in [0.25, 0.3) is 0 Å². The largest absolute Gasteiger partial charge is 0.489 e. The van der Waals surface area contributed by atoms with Gasteiger partial charge in [0.1, 0.15) is 17.3 Å². The summed E-state index contributed by atoms with van der Waals surface area (Å²) >= 11 is 0. The number of nitrogens with zero attached hydrogens (tertiary/aromatic N) is 4. The van der Waals surface area contributed by atoms with Gasteiger partial charge in [-0.1, -0.05) is 12.5 Å². The number of benzene rings is 1. The second-order valence-corrected chi connectivity index (χ2v) is 10.3. The average Bonchev–Trinajstić information content (AvgIpc) is 3.57. The van der Waals surface area contributed by atoms with E-state index in [9.17, 15) is 4.39 Å². The van der Waals surface area contributed by atoms with Crippen LogP contribution < -0.4 is 4.74 Å². The van der Waals surface area contributed by atoms with Crippen molar-refractivity contribution in [2.45, 2.75) is 45.1 Å². The third-order valence-corrected chi connectivity index (χ3v) is 7.47. The monoisotopic (exact) mass is 518 g/mol. The lowest BCUT2D eigenvalue weighted by Crippen LogP contribution is -2.19. The Labute approximate surface area is 224 Å². The molecule has 1 aliphatic rings. The maximum Gasteiger partial charge on any atom is 0.155 e. The fourth-order valence-electron chi connectivity index (χ4n) is 5.58. The fourth-order valence-corrected chi connectivity index (χ4v) is 5.58. The predicted octanol–water partition coefficient (Wildman–Crippen LogP) is 7.39. The number of ether oxygens (including phenoxy) is 1. The van der Waals surface area contributed by atoms with Crippen LogP contribution in [0.3, 0.4) is 0 Å². The predicted molar refractivity (Wildman–Crippen MR) is 150 cm³/mol. The summed E-state index contributed by atoms with van der Waals surface area (Å²) in [6.07, 6.45) is 15.1. The van der Waals surface area contributed by atoms with Gasteiger partial charge in [0.15, 0.2) is 5.65 Å². The number of rotatable bonds is 5. The van der Waals surface area contributed by atoms with Gasteiger partial charge in [-0.15, -0.1) is 0 Å². The molecule has 6 aromatic rings. The van der Waals surface area contributed by atoms with E-state index in [0.717, 1.165) is 74.1 Å². The molecule has 1 aromatic carbocycles. The number of hydrogen-bond acceptors (Lipinski definition) is 5. The maximum absolute atomic E-state index is 14.2. The van der Waals surface area contributed by atoms with Gasteiger partial charge in [0, 0.05) is 46.1 Å². The molecule has 5 aromatic heterocycles. The van der Waals surface area contributed by atoms with Gasteiger partial charge >= 0.3 is 0 Å². The van der Waals surface area contributed by atoms with Crippen LogP contribution in [0.2, 0.25) is 0 Å². The zero-order valence-corrected chi connectivity index (χ0v) is 21.5. The minimum atomic E-state index is -0.266. The highest BCUT2D eigenvalue weighted by molar-refractivity contribution is 6.00. The molecule has 1 saturated carbocycles. The number of pyridine rings is 3. The van der Waals surface area contributed by atoms with Crippen LogP contribution in [0.4, 0.5) is 4.39 Å². The standard InChI is InChI=1S/C31H27FN6O/c1-18-7-19(9-22(32)8-18)27-16-34-17-29-25(27)12-28(36-29)30-26-11-21(14-35-31(26)38-37-30)20-10-24(15-33-13-20)39-23-5-3-2-4-6-23/h7-17,23,36H,2-6H2,1H3,(H,35,37,38). The molecule has 0 unspecified atom stereocenters. The molecule has 0 aliphatic heterocycles. The Morgan fingerprint density at radius 1 is 0.821 bits per heavy atom. The molecule has 8 heteroatoms. The molecular formula is C31H27FN6O. The van der Waals surface area contributed by atoms with Crippen molar-refractivity contribution >= 4 is 21.9 Å². The van der Waals surface area contributed by atoms with Crippen LogP contribution in [0, 0.1) is 12.7 Å². The molecule has 7 rings (SSSR count). The van der Waals surface area contributed by atoms with E-state index in [1.807, 2.05) is 37.5 Å². The van der Waals surface area contributed by atoms with E-state index < -0.39 is 0 Å². The Hall–Kier alpha value is -4.59. The third-order valence-electron chi connectivity index (χ3n) is 7.47. The minimum absolute atomic E-state index is 0.259. The first-order valence-corrected chi connectivity index (χ1v) is 13.3. The molecular weight excluding hydrogens is 491 g/mol. The van der Waals surface area contributed by atoms with E-state index in [0.29, 0.717) is 5.65 Å². The summed E-state index contributed by atoms with van der Waals surface area (Å²) < 4.78 is 20.4. The van der Waals surface area contributed by atoms with Crippen molar-refractivity contribution in [1.82, 2.24) is 30.1 Å². The third kappa shape index (κ3) is 4.52. The van der Waals surface area contributed by atoms with Crippen molar-refractivity contribution in [3.05, 3.63) is 78.8 Å². The van der Waals surface area contributed by atoms with Gasteiger partial charge in [0.2, 0.25) is 0 Å². The summed E-state index contributed by atoms with van der Waals surface area (Å²) in [7, 11) is 0. The van der Waals surface area contributed by atoms with Crippen molar-refractivity contribution in [3.8, 4) is 39.4 Å². The van der Waals surface area contributed by atoms with Gasteiger partial charge < -0.3 is 9.72 Å². The summed E-state index contributed by atoms with van der Waals surface area (Å²) in [4.78, 5) is 16.9. The van der Waals surface area contributed by atoms with E-state index in [4.69, 9.17) is 4.74 Å². The molecule has 7 nitrogen and oxygen atoms in total. The summed E-state index contributed by atoms with van der Waals surface area (Å²) in [6, 6.07) is 11.2. The zero-order valence-electron chi connectivity index (χ0n) is 21.5. The van der Waals surface area contributed by atoms with Crippen LogP contribution >= 0.6 is 0 Å². The van der Waals surface area contributed by atoms with Crippen molar-refractivity contribution in [2.75, 3.05) is 0 Å². The molecule has 0 spiro atoms. The second-order valence-electron chi connectivity index (χ2n) is 10.3. The first kappa shape index (κ1) is 23.5. The van der Waals surface area contributed by atoms with E-state index in [1.165, 1.54) is 31.4 Å². The molecule has 0 saturated heterocycles. The van der Waals surface area contributed by atoms with Crippen LogP contribution in [0.25, 0.3) is 55.6 Å². The van der Waals surface area contributed by atoms with Gasteiger partial charge in [-0.05, 0) is 74.1 Å². The normalized spacial score (nSPS) is 14.3. The molecule has 2 N–H and O–H groups in total. The number of aryl methyl sites for hydroxylation is 1. The van der Waals surface area contributed by atoms with Gasteiger partial charge in [0.05, 0.1) is 29.7 Å². The molecule has 1 fully saturated rings. The smallest absolute Gasteiger partial charge is 0.155 e. The van der Waals surface area contributed by atoms with Gasteiger partial charge in [-0.2, -0.15) is 5.10 Å². The SMILES string of the molecule is Cc1cc(F)cc(-c2cncc3[nH]c(-c4n[nH]c5ncc(-c6cncc(OC7CCCCC7)c6)cc45)cc23)c1. The van der Waals surface area contributed by atoms with Crippen LogP contribution in [0.5, 0.6) is 5.75 Å². The van der Waals surface area contributed by atoms with E-state index in [-0.39, 0.29) is 11.9 Å². The van der Waals surface area contributed by atoms with E-state index >= 15 is 0 Å². The number of nitrogens with one attached hydrogen (secondary N) is 2. The molecule has 5 heterocycles. The molecule has 0 bridgehead atoms. The maximum atomic E-state index is 14.2. The minimum Gasteiger partial charge on any atom is -0.489 e. The molecule has 39 heavy (non-hydrogen) atoms. The molecule has 0 atom stereocenters. The highest BCUT2D eigenvalue weighted by Crippen LogP contribution is 2.35. The van der Waals surface area contributed by atoms with Crippen molar-refractivity contribution in [3.63, 3.8) is 0 Å². The highest BCUT2D eigenvalue weighted by atomic mass is 19.1. The van der Waals surface area contributed by atoms with Gasteiger partial charge in [-0.25, -0.2) is 9.37 Å². The number of aromatic nitrogens is 6. The number of fused-ring (bicyclic) bond motifs is 2. The Balaban J connectivity index is 1.26. The number of aromatic amines is 2. The van der Waals surface area contributed by atoms with E-state index in [2.05, 4.69) is 36.2 Å². The lowest BCUT2D eigenvalue weighted by atomic mass is 9.98. The van der Waals surface area contributed by atoms with Crippen LogP contribution in [-0.4, -0.2) is 36.2 Å². The molecule has 194 valence electrons. The molecule has 0 radical (unpaired) electrons. The van der Waals surface area contributed by atoms with Crippen molar-refractivity contribution < 1.29 is 9.13 Å². The Morgan fingerprint density at radius 2 is 1.67 bits per heavy atom. The van der Waals surface area contributed by atoms with Crippen LogP contribution in [-0.2, 0) is 0 Å². The average molecular weight is 519 g/mol. The Bertz CT molecular complexity index is 1800. The van der Waals surface area contributed by atoms with Crippen molar-refractivity contribution in [2.24, 2.45) is 0 Å². The summed E-state index contributed by atoms with van der Waals surface area (Å²) in [5.41, 5.74) is 7.49. The lowest BCUT2D eigenvalue weighted by Gasteiger charge is -2.23. The summed E-state index contributed by atoms with van der Waals surface area (Å²) in [5, 5.41) is 9.46. The first-order chi connectivity index (χ1) is 19.1. The summed E-state index contributed by atoms with van der Waals surface area (Å²) in [5.74, 6) is 0.521. The summed E-state index contributed by atoms with van der Waals surface area (Å²) in [6.45, 7) is 1.89. The topological polar surface area (TPSA) is 92.4 Å². The number of hydrogen-bond donors (Lipinski definition) is 2. The van der Waals surface area contributed by atoms with Crippen molar-refractivity contribution in [1.29, 1.82) is 0 Å². The van der Waals surface area contributed by atoms with Crippen LogP contribution in [0.15, 0.2) is 67.4 Å². The molecule has 0 amide bonds. The Morgan fingerprint density at radius 3 is 2.54 bits per heavy atom.